The Kier molecular flexibility index (Phi) is 23.7. The SMILES string of the molecule is CCCOCCC[O][Y]([O]CCCOCCC)[O]CCCOCCC. The van der Waals surface area contributed by atoms with Gasteiger partial charge in [0, 0.05) is 0 Å². The molecule has 150 valence electrons. The zero-order valence-corrected chi connectivity index (χ0v) is 19.5. The van der Waals surface area contributed by atoms with Crippen LogP contribution < -0.4 is 0 Å². The topological polar surface area (TPSA) is 55.4 Å². The van der Waals surface area contributed by atoms with E-state index < -0.39 is 29.0 Å². The maximum atomic E-state index is 5.88. The Morgan fingerprint density at radius 3 is 1.04 bits per heavy atom. The van der Waals surface area contributed by atoms with Gasteiger partial charge in [-0.1, -0.05) is 0 Å². The third-order valence-corrected chi connectivity index (χ3v) is 6.85. The van der Waals surface area contributed by atoms with Gasteiger partial charge in [0.15, 0.2) is 0 Å². The first kappa shape index (κ1) is 25.9. The van der Waals surface area contributed by atoms with Gasteiger partial charge < -0.3 is 0 Å². The van der Waals surface area contributed by atoms with E-state index in [0.29, 0.717) is 19.8 Å². The van der Waals surface area contributed by atoms with Crippen LogP contribution >= 0.6 is 0 Å². The van der Waals surface area contributed by atoms with Crippen molar-refractivity contribution in [3.63, 3.8) is 0 Å². The molecule has 0 rings (SSSR count). The Labute approximate surface area is 167 Å². The summed E-state index contributed by atoms with van der Waals surface area (Å²) < 4.78 is 34.0. The van der Waals surface area contributed by atoms with Crippen molar-refractivity contribution in [3.8, 4) is 0 Å². The molecule has 0 bridgehead atoms. The minimum absolute atomic E-state index is 0.656. The molecule has 0 spiro atoms. The van der Waals surface area contributed by atoms with E-state index in [1.807, 2.05) is 0 Å². The van der Waals surface area contributed by atoms with Gasteiger partial charge in [0.1, 0.15) is 0 Å². The van der Waals surface area contributed by atoms with Gasteiger partial charge in [-0.15, -0.1) is 0 Å². The van der Waals surface area contributed by atoms with Crippen LogP contribution in [-0.2, 0) is 49.3 Å². The zero-order valence-electron chi connectivity index (χ0n) is 16.6. The Balaban J connectivity index is 3.76. The second-order valence-corrected chi connectivity index (χ2v) is 9.68. The first-order chi connectivity index (χ1) is 12.3. The van der Waals surface area contributed by atoms with Crippen molar-refractivity contribution < 1.29 is 49.3 Å². The van der Waals surface area contributed by atoms with Gasteiger partial charge >= 0.3 is 168 Å². The van der Waals surface area contributed by atoms with Crippen LogP contribution in [0.5, 0.6) is 0 Å². The van der Waals surface area contributed by atoms with E-state index in [2.05, 4.69) is 20.8 Å². The normalized spacial score (nSPS) is 11.2. The van der Waals surface area contributed by atoms with Crippen LogP contribution in [0.3, 0.4) is 0 Å². The average Bonchev–Trinajstić information content (AvgIpc) is 2.63. The van der Waals surface area contributed by atoms with Crippen LogP contribution in [0.15, 0.2) is 0 Å². The summed E-state index contributed by atoms with van der Waals surface area (Å²) in [5.74, 6) is 0. The summed E-state index contributed by atoms with van der Waals surface area (Å²) in [5, 5.41) is 0. The molecule has 0 unspecified atom stereocenters. The van der Waals surface area contributed by atoms with Gasteiger partial charge in [0.2, 0.25) is 0 Å². The van der Waals surface area contributed by atoms with Crippen LogP contribution in [-0.4, -0.2) is 59.5 Å². The number of hydrogen-bond acceptors (Lipinski definition) is 6. The summed E-state index contributed by atoms with van der Waals surface area (Å²) in [6.45, 7) is 13.0. The van der Waals surface area contributed by atoms with Crippen molar-refractivity contribution in [1.29, 1.82) is 0 Å². The predicted molar refractivity (Wildman–Crippen MR) is 95.0 cm³/mol. The Morgan fingerprint density at radius 1 is 0.440 bits per heavy atom. The van der Waals surface area contributed by atoms with Crippen molar-refractivity contribution in [2.45, 2.75) is 59.3 Å². The van der Waals surface area contributed by atoms with Crippen LogP contribution in [0, 0.1) is 0 Å². The molecule has 7 heteroatoms. The average molecular weight is 440 g/mol. The fraction of sp³-hybridized carbons (Fsp3) is 1.00. The molecule has 0 fully saturated rings. The second kappa shape index (κ2) is 22.9. The van der Waals surface area contributed by atoms with Crippen molar-refractivity contribution in [2.24, 2.45) is 0 Å². The summed E-state index contributed by atoms with van der Waals surface area (Å²) in [6.07, 6.45) is 5.82. The third kappa shape index (κ3) is 21.0. The molecule has 0 atom stereocenters. The van der Waals surface area contributed by atoms with Gasteiger partial charge in [0.25, 0.3) is 0 Å². The molecule has 0 aliphatic carbocycles. The van der Waals surface area contributed by atoms with Gasteiger partial charge in [0.05, 0.1) is 0 Å². The Bertz CT molecular complexity index is 208. The molecular formula is C18H39O6Y. The van der Waals surface area contributed by atoms with E-state index in [9.17, 15) is 0 Å². The van der Waals surface area contributed by atoms with E-state index in [1.165, 1.54) is 0 Å². The first-order valence-corrected chi connectivity index (χ1v) is 13.4. The van der Waals surface area contributed by atoms with Crippen LogP contribution in [0.4, 0.5) is 0 Å². The van der Waals surface area contributed by atoms with E-state index in [0.717, 1.165) is 78.2 Å². The Morgan fingerprint density at radius 2 is 0.760 bits per heavy atom. The Hall–Kier alpha value is 0.864. The molecule has 0 aliphatic rings. The molecule has 0 radical (unpaired) electrons. The molecular weight excluding hydrogens is 401 g/mol. The molecule has 0 aromatic heterocycles. The van der Waals surface area contributed by atoms with Crippen LogP contribution in [0.2, 0.25) is 0 Å². The van der Waals surface area contributed by atoms with Crippen molar-refractivity contribution in [2.75, 3.05) is 59.5 Å². The van der Waals surface area contributed by atoms with Crippen molar-refractivity contribution in [3.05, 3.63) is 0 Å². The van der Waals surface area contributed by atoms with E-state index in [4.69, 9.17) is 20.4 Å². The number of rotatable bonds is 21. The third-order valence-electron chi connectivity index (χ3n) is 3.11. The van der Waals surface area contributed by atoms with Crippen molar-refractivity contribution >= 4 is 0 Å². The predicted octanol–water partition coefficient (Wildman–Crippen LogP) is 3.85. The molecule has 6 nitrogen and oxygen atoms in total. The number of ether oxygens (including phenoxy) is 3. The quantitative estimate of drug-likeness (QED) is 0.253. The fourth-order valence-electron chi connectivity index (χ4n) is 1.91. The van der Waals surface area contributed by atoms with E-state index in [1.54, 1.807) is 0 Å². The summed E-state index contributed by atoms with van der Waals surface area (Å²) in [4.78, 5) is 0. The standard InChI is InChI=1S/3C6H13O2.Y/c3*1-2-5-8-6-3-4-7;/h3*2-6H2,1H3;/q3*-1;+3. The molecule has 0 aromatic rings. The van der Waals surface area contributed by atoms with Gasteiger partial charge in [-0.25, -0.2) is 0 Å². The van der Waals surface area contributed by atoms with Crippen LogP contribution in [0.1, 0.15) is 59.3 Å². The molecule has 0 saturated carbocycles. The summed E-state index contributed by atoms with van der Waals surface area (Å²) >= 11 is -2.82. The maximum absolute atomic E-state index is 5.88. The molecule has 0 aliphatic heterocycles. The van der Waals surface area contributed by atoms with E-state index in [-0.39, 0.29) is 0 Å². The minimum atomic E-state index is -2.82. The van der Waals surface area contributed by atoms with Crippen molar-refractivity contribution in [1.82, 2.24) is 0 Å². The summed E-state index contributed by atoms with van der Waals surface area (Å²) in [6, 6.07) is 0. The zero-order chi connectivity index (χ0) is 18.4. The molecule has 0 N–H and O–H groups in total. The van der Waals surface area contributed by atoms with Gasteiger partial charge in [-0.2, -0.15) is 0 Å². The molecule has 0 heterocycles. The molecule has 0 saturated heterocycles. The monoisotopic (exact) mass is 440 g/mol. The summed E-state index contributed by atoms with van der Waals surface area (Å²) in [7, 11) is 0. The fourth-order valence-corrected chi connectivity index (χ4v) is 5.26. The van der Waals surface area contributed by atoms with Gasteiger partial charge in [-0.05, 0) is 0 Å². The molecule has 25 heavy (non-hydrogen) atoms. The van der Waals surface area contributed by atoms with E-state index >= 15 is 0 Å². The second-order valence-electron chi connectivity index (χ2n) is 5.80. The molecule has 0 amide bonds. The summed E-state index contributed by atoms with van der Waals surface area (Å²) in [5.41, 5.74) is 0. The van der Waals surface area contributed by atoms with Crippen LogP contribution in [0.25, 0.3) is 0 Å². The molecule has 0 aromatic carbocycles. The first-order valence-electron chi connectivity index (χ1n) is 9.93. The van der Waals surface area contributed by atoms with Gasteiger partial charge in [-0.3, -0.25) is 0 Å². The number of hydrogen-bond donors (Lipinski definition) is 0.